The van der Waals surface area contributed by atoms with Crippen molar-refractivity contribution >= 4 is 17.2 Å². The van der Waals surface area contributed by atoms with Crippen molar-refractivity contribution in [1.82, 2.24) is 34.7 Å². The van der Waals surface area contributed by atoms with E-state index in [4.69, 9.17) is 15.2 Å². The molecule has 3 aromatic heterocycles. The molecular weight excluding hydrogens is 564 g/mol. The van der Waals surface area contributed by atoms with Gasteiger partial charge in [-0.15, -0.1) is 0 Å². The molecule has 0 aliphatic carbocycles. The van der Waals surface area contributed by atoms with Crippen LogP contribution in [0.25, 0.3) is 16.8 Å². The maximum atomic E-state index is 14.7. The monoisotopic (exact) mass is 594 g/mol. The van der Waals surface area contributed by atoms with Crippen LogP contribution in [0, 0.1) is 5.41 Å². The summed E-state index contributed by atoms with van der Waals surface area (Å²) in [5, 5.41) is 16.3. The number of hydrogen-bond acceptors (Lipinski definition) is 10. The second kappa shape index (κ2) is 10.6. The zero-order chi connectivity index (χ0) is 29.8. The molecule has 12 nitrogen and oxygen atoms in total. The number of carbonyl (C=O) groups is 1. The van der Waals surface area contributed by atoms with Crippen LogP contribution < -0.4 is 15.8 Å². The minimum absolute atomic E-state index is 0.00386. The second-order valence-electron chi connectivity index (χ2n) is 11.3. The van der Waals surface area contributed by atoms with E-state index in [1.807, 2.05) is 6.07 Å². The number of nitrogens with two attached hydrogens (primary N) is 1. The molecule has 3 aromatic rings. The van der Waals surface area contributed by atoms with Crippen molar-refractivity contribution in [2.75, 3.05) is 58.8 Å². The van der Waals surface area contributed by atoms with Gasteiger partial charge in [0.1, 0.15) is 23.6 Å². The largest absolute Gasteiger partial charge is 0.480 e. The number of halogens is 4. The highest BCUT2D eigenvalue weighted by Gasteiger charge is 2.49. The van der Waals surface area contributed by atoms with E-state index in [1.165, 1.54) is 25.7 Å². The Morgan fingerprint density at radius 2 is 2.02 bits per heavy atom. The SMILES string of the molecule is COc1ncc(-c2cc(CN3CC4(COC4)C3)c3c(N)ncnn23)cc1C(=O)N[C@@H]1CN(CC(O)C(F)(F)F)C[C@@H]1F. The predicted octanol–water partition coefficient (Wildman–Crippen LogP) is 0.890. The van der Waals surface area contributed by atoms with Crippen LogP contribution in [0.2, 0.25) is 0 Å². The maximum absolute atomic E-state index is 14.7. The Bertz CT molecular complexity index is 1490. The van der Waals surface area contributed by atoms with E-state index in [-0.39, 0.29) is 29.9 Å². The molecule has 42 heavy (non-hydrogen) atoms. The van der Waals surface area contributed by atoms with Crippen molar-refractivity contribution in [3.05, 3.63) is 35.8 Å². The molecule has 3 saturated heterocycles. The lowest BCUT2D eigenvalue weighted by molar-refractivity contribution is -0.207. The first-order valence-electron chi connectivity index (χ1n) is 13.3. The highest BCUT2D eigenvalue weighted by molar-refractivity contribution is 5.98. The van der Waals surface area contributed by atoms with Gasteiger partial charge < -0.3 is 25.6 Å². The van der Waals surface area contributed by atoms with Gasteiger partial charge in [-0.05, 0) is 17.7 Å². The number of anilines is 1. The molecule has 1 unspecified atom stereocenters. The van der Waals surface area contributed by atoms with E-state index in [1.54, 1.807) is 4.52 Å². The number of aliphatic hydroxyl groups excluding tert-OH is 1. The third-order valence-corrected chi connectivity index (χ3v) is 8.02. The number of carbonyl (C=O) groups excluding carboxylic acids is 1. The van der Waals surface area contributed by atoms with Gasteiger partial charge in [-0.1, -0.05) is 0 Å². The third-order valence-electron chi connectivity index (χ3n) is 8.02. The number of aromatic nitrogens is 4. The van der Waals surface area contributed by atoms with E-state index >= 15 is 0 Å². The Balaban J connectivity index is 1.23. The number of alkyl halides is 4. The Kier molecular flexibility index (Phi) is 7.19. The molecule has 3 fully saturated rings. The van der Waals surface area contributed by atoms with Crippen LogP contribution in [-0.2, 0) is 11.3 Å². The first kappa shape index (κ1) is 28.5. The Hall–Kier alpha value is -3.60. The molecule has 0 aromatic carbocycles. The second-order valence-corrected chi connectivity index (χ2v) is 11.3. The summed E-state index contributed by atoms with van der Waals surface area (Å²) in [6, 6.07) is 2.34. The molecule has 226 valence electrons. The minimum atomic E-state index is -4.83. The summed E-state index contributed by atoms with van der Waals surface area (Å²) >= 11 is 0. The minimum Gasteiger partial charge on any atom is -0.480 e. The number of rotatable bonds is 8. The smallest absolute Gasteiger partial charge is 0.415 e. The molecule has 6 heterocycles. The van der Waals surface area contributed by atoms with Crippen molar-refractivity contribution in [1.29, 1.82) is 0 Å². The normalized spacial score (nSPS) is 23.1. The van der Waals surface area contributed by atoms with Crippen LogP contribution in [0.5, 0.6) is 5.88 Å². The van der Waals surface area contributed by atoms with E-state index in [0.717, 1.165) is 36.8 Å². The fraction of sp³-hybridized carbons (Fsp3) is 0.538. The molecule has 0 bridgehead atoms. The zero-order valence-electron chi connectivity index (χ0n) is 22.6. The Morgan fingerprint density at radius 3 is 2.69 bits per heavy atom. The van der Waals surface area contributed by atoms with Gasteiger partial charge in [-0.25, -0.2) is 18.9 Å². The Labute approximate surface area is 237 Å². The van der Waals surface area contributed by atoms with Crippen LogP contribution in [0.4, 0.5) is 23.4 Å². The number of nitrogen functional groups attached to an aromatic ring is 1. The quantitative estimate of drug-likeness (QED) is 0.322. The summed E-state index contributed by atoms with van der Waals surface area (Å²) in [6.07, 6.45) is -6.24. The number of pyridine rings is 1. The molecule has 3 atom stereocenters. The van der Waals surface area contributed by atoms with Gasteiger partial charge in [0, 0.05) is 56.4 Å². The van der Waals surface area contributed by atoms with Gasteiger partial charge in [0.15, 0.2) is 11.9 Å². The van der Waals surface area contributed by atoms with Crippen LogP contribution in [0.15, 0.2) is 24.7 Å². The van der Waals surface area contributed by atoms with E-state index < -0.39 is 36.9 Å². The van der Waals surface area contributed by atoms with Crippen molar-refractivity contribution < 1.29 is 36.9 Å². The summed E-state index contributed by atoms with van der Waals surface area (Å²) in [7, 11) is 1.33. The third kappa shape index (κ3) is 5.23. The van der Waals surface area contributed by atoms with E-state index in [0.29, 0.717) is 29.1 Å². The Morgan fingerprint density at radius 1 is 1.26 bits per heavy atom. The summed E-state index contributed by atoms with van der Waals surface area (Å²) < 4.78 is 65.3. The summed E-state index contributed by atoms with van der Waals surface area (Å²) in [6.45, 7) is 2.58. The topological polar surface area (TPSA) is 143 Å². The fourth-order valence-electron chi connectivity index (χ4n) is 5.94. The summed E-state index contributed by atoms with van der Waals surface area (Å²) in [4.78, 5) is 25.1. The van der Waals surface area contributed by atoms with Gasteiger partial charge in [-0.2, -0.15) is 18.3 Å². The van der Waals surface area contributed by atoms with Gasteiger partial charge in [0.25, 0.3) is 5.91 Å². The van der Waals surface area contributed by atoms with Gasteiger partial charge in [0.2, 0.25) is 5.88 Å². The summed E-state index contributed by atoms with van der Waals surface area (Å²) in [5.74, 6) is -0.433. The molecule has 3 aliphatic heterocycles. The highest BCUT2D eigenvalue weighted by Crippen LogP contribution is 2.39. The molecule has 3 aliphatic rings. The molecule has 16 heteroatoms. The van der Waals surface area contributed by atoms with Gasteiger partial charge >= 0.3 is 6.18 Å². The lowest BCUT2D eigenvalue weighted by Gasteiger charge is -2.55. The predicted molar refractivity (Wildman–Crippen MR) is 140 cm³/mol. The van der Waals surface area contributed by atoms with Crippen LogP contribution in [0.3, 0.4) is 0 Å². The number of nitrogens with zero attached hydrogens (tertiary/aromatic N) is 6. The van der Waals surface area contributed by atoms with Gasteiger partial charge in [-0.3, -0.25) is 14.6 Å². The number of aliphatic hydroxyl groups is 1. The van der Waals surface area contributed by atoms with Crippen molar-refractivity contribution in [3.8, 4) is 17.1 Å². The number of ether oxygens (including phenoxy) is 2. The fourth-order valence-corrected chi connectivity index (χ4v) is 5.94. The number of methoxy groups -OCH3 is 1. The molecule has 4 N–H and O–H groups in total. The summed E-state index contributed by atoms with van der Waals surface area (Å²) in [5.41, 5.74) is 9.10. The van der Waals surface area contributed by atoms with Gasteiger partial charge in [0.05, 0.1) is 32.1 Å². The first-order chi connectivity index (χ1) is 20.0. The average Bonchev–Trinajstić information content (AvgIpc) is 3.44. The molecule has 0 saturated carbocycles. The van der Waals surface area contributed by atoms with E-state index in [9.17, 15) is 27.5 Å². The zero-order valence-corrected chi connectivity index (χ0v) is 22.6. The molecule has 0 radical (unpaired) electrons. The standard InChI is InChI=1S/C26H30F4N8O4/c1-41-24-16(23(40)35-18-7-36(6-17(18)27)8-20(39)26(28,29)30)2-14(4-32-24)19-3-15(21-22(31)33-13-34-38(19)21)5-37-9-25(10-37)11-42-12-25/h2-4,13,17-18,20,39H,5-12H2,1H3,(H,35,40)(H2,31,33,34)/t17-,18+,20?/m0/s1. The van der Waals surface area contributed by atoms with Crippen LogP contribution in [-0.4, -0.2) is 118 Å². The maximum Gasteiger partial charge on any atom is 0.415 e. The number of hydrogen-bond donors (Lipinski definition) is 3. The first-order valence-corrected chi connectivity index (χ1v) is 13.3. The van der Waals surface area contributed by atoms with Crippen LogP contribution in [0.1, 0.15) is 15.9 Å². The number of amides is 1. The molecule has 1 amide bonds. The van der Waals surface area contributed by atoms with E-state index in [2.05, 4.69) is 25.3 Å². The number of nitrogens with one attached hydrogen (secondary N) is 1. The molecule has 6 rings (SSSR count). The number of likely N-dealkylation sites (tertiary alicyclic amines) is 2. The van der Waals surface area contributed by atoms with Crippen molar-refractivity contribution in [3.63, 3.8) is 0 Å². The highest BCUT2D eigenvalue weighted by atomic mass is 19.4. The molecule has 1 spiro atoms. The van der Waals surface area contributed by atoms with Crippen molar-refractivity contribution in [2.45, 2.75) is 31.0 Å². The number of β-amino-alcohol motifs (C(OH)–C–C–N with tert-alkyl or cyclic N) is 1. The van der Waals surface area contributed by atoms with Crippen LogP contribution >= 0.6 is 0 Å². The average molecular weight is 595 g/mol. The lowest BCUT2D eigenvalue weighted by atomic mass is 9.78. The van der Waals surface area contributed by atoms with Crippen molar-refractivity contribution in [2.24, 2.45) is 5.41 Å². The lowest BCUT2D eigenvalue weighted by Crippen LogP contribution is -2.65. The molecular formula is C26H30F4N8O4. The number of fused-ring (bicyclic) bond motifs is 1.